The molecule has 2 aromatic rings. The van der Waals surface area contributed by atoms with Crippen LogP contribution in [0.2, 0.25) is 0 Å². The summed E-state index contributed by atoms with van der Waals surface area (Å²) in [6.07, 6.45) is 3.23. The molecule has 2 rings (SSSR count). The number of nitrogens with zero attached hydrogens (tertiary/aromatic N) is 2. The van der Waals surface area contributed by atoms with Crippen LogP contribution in [0.5, 0.6) is 0 Å². The van der Waals surface area contributed by atoms with Crippen molar-refractivity contribution in [2.45, 2.75) is 32.2 Å². The minimum Gasteiger partial charge on any atom is -0.476 e. The third-order valence-corrected chi connectivity index (χ3v) is 2.82. The summed E-state index contributed by atoms with van der Waals surface area (Å²) in [6.45, 7) is 3.89. The number of fused-ring (bicyclic) bond motifs is 1. The third kappa shape index (κ3) is 2.51. The predicted molar refractivity (Wildman–Crippen MR) is 68.7 cm³/mol. The maximum absolute atomic E-state index is 11.1. The Morgan fingerprint density at radius 2 is 2.22 bits per heavy atom. The minimum absolute atomic E-state index is 0.0976. The molecule has 5 nitrogen and oxygen atoms in total. The Kier molecular flexibility index (Phi) is 3.09. The van der Waals surface area contributed by atoms with E-state index in [1.165, 1.54) is 0 Å². The van der Waals surface area contributed by atoms with Crippen LogP contribution < -0.4 is 5.73 Å². The molecule has 0 amide bonds. The second-order valence-electron chi connectivity index (χ2n) is 5.13. The monoisotopic (exact) mass is 247 g/mol. The lowest BCUT2D eigenvalue weighted by molar-refractivity contribution is 0.0693. The van der Waals surface area contributed by atoms with E-state index in [1.54, 1.807) is 12.1 Å². The van der Waals surface area contributed by atoms with Crippen LogP contribution in [0.25, 0.3) is 5.52 Å². The summed E-state index contributed by atoms with van der Waals surface area (Å²) in [6, 6.07) is 5.42. The van der Waals surface area contributed by atoms with Gasteiger partial charge in [-0.25, -0.2) is 9.78 Å². The standard InChI is InChI=1S/C13H17N3O2/c1-13(2,14)7-6-10-15-11(12(17)18)9-5-3-4-8-16(9)10/h3-5,8H,6-7,14H2,1-2H3,(H,17,18). The molecule has 5 heteroatoms. The lowest BCUT2D eigenvalue weighted by Crippen LogP contribution is -2.32. The van der Waals surface area contributed by atoms with Gasteiger partial charge in [0, 0.05) is 18.2 Å². The van der Waals surface area contributed by atoms with Gasteiger partial charge >= 0.3 is 5.97 Å². The summed E-state index contributed by atoms with van der Waals surface area (Å²) in [5.74, 6) is -0.265. The number of carboxylic acid groups (broad SMARTS) is 1. The summed E-state index contributed by atoms with van der Waals surface area (Å²) >= 11 is 0. The van der Waals surface area contributed by atoms with Crippen molar-refractivity contribution >= 4 is 11.5 Å². The zero-order valence-corrected chi connectivity index (χ0v) is 10.6. The fraction of sp³-hybridized carbons (Fsp3) is 0.385. The highest BCUT2D eigenvalue weighted by Crippen LogP contribution is 2.16. The summed E-state index contributed by atoms with van der Waals surface area (Å²) in [7, 11) is 0. The molecule has 18 heavy (non-hydrogen) atoms. The van der Waals surface area contributed by atoms with E-state index in [1.807, 2.05) is 30.5 Å². The number of carbonyl (C=O) groups is 1. The van der Waals surface area contributed by atoms with Gasteiger partial charge in [-0.1, -0.05) is 6.07 Å². The second kappa shape index (κ2) is 4.42. The van der Waals surface area contributed by atoms with Crippen molar-refractivity contribution in [1.29, 1.82) is 0 Å². The highest BCUT2D eigenvalue weighted by Gasteiger charge is 2.18. The van der Waals surface area contributed by atoms with E-state index in [9.17, 15) is 4.79 Å². The molecule has 96 valence electrons. The summed E-state index contributed by atoms with van der Waals surface area (Å²) in [4.78, 5) is 15.3. The fourth-order valence-electron chi connectivity index (χ4n) is 1.87. The topological polar surface area (TPSA) is 80.6 Å². The lowest BCUT2D eigenvalue weighted by Gasteiger charge is -2.17. The van der Waals surface area contributed by atoms with Crippen molar-refractivity contribution in [3.63, 3.8) is 0 Å². The highest BCUT2D eigenvalue weighted by molar-refractivity contribution is 5.93. The molecule has 0 aliphatic heterocycles. The number of hydrogen-bond donors (Lipinski definition) is 2. The first kappa shape index (κ1) is 12.6. The molecule has 0 fully saturated rings. The summed E-state index contributed by atoms with van der Waals surface area (Å²) in [5, 5.41) is 9.12. The van der Waals surface area contributed by atoms with Gasteiger partial charge in [0.2, 0.25) is 0 Å². The van der Waals surface area contributed by atoms with Crippen molar-refractivity contribution in [3.05, 3.63) is 35.9 Å². The maximum atomic E-state index is 11.1. The van der Waals surface area contributed by atoms with Crippen LogP contribution in [0.3, 0.4) is 0 Å². The number of carboxylic acids is 1. The number of aryl methyl sites for hydroxylation is 1. The van der Waals surface area contributed by atoms with E-state index in [0.29, 0.717) is 11.9 Å². The Bertz CT molecular complexity index is 581. The number of nitrogens with two attached hydrogens (primary N) is 1. The van der Waals surface area contributed by atoms with Gasteiger partial charge in [0.05, 0.1) is 5.52 Å². The molecule has 2 aromatic heterocycles. The molecule has 0 atom stereocenters. The quantitative estimate of drug-likeness (QED) is 0.861. The van der Waals surface area contributed by atoms with E-state index >= 15 is 0 Å². The van der Waals surface area contributed by atoms with Gasteiger partial charge < -0.3 is 15.2 Å². The third-order valence-electron chi connectivity index (χ3n) is 2.82. The van der Waals surface area contributed by atoms with Crippen molar-refractivity contribution in [1.82, 2.24) is 9.38 Å². The van der Waals surface area contributed by atoms with Crippen molar-refractivity contribution in [2.75, 3.05) is 0 Å². The summed E-state index contributed by atoms with van der Waals surface area (Å²) in [5.41, 5.74) is 6.37. The van der Waals surface area contributed by atoms with Crippen LogP contribution in [-0.4, -0.2) is 26.0 Å². The highest BCUT2D eigenvalue weighted by atomic mass is 16.4. The zero-order valence-electron chi connectivity index (χ0n) is 10.6. The average Bonchev–Trinajstić information content (AvgIpc) is 2.64. The van der Waals surface area contributed by atoms with Crippen molar-refractivity contribution < 1.29 is 9.90 Å². The van der Waals surface area contributed by atoms with Gasteiger partial charge in [0.25, 0.3) is 0 Å². The molecular weight excluding hydrogens is 230 g/mol. The molecule has 0 unspecified atom stereocenters. The zero-order chi connectivity index (χ0) is 13.3. The Labute approximate surface area is 105 Å². The van der Waals surface area contributed by atoms with E-state index in [4.69, 9.17) is 10.8 Å². The Balaban J connectivity index is 2.42. The molecule has 0 saturated carbocycles. The molecule has 0 aliphatic carbocycles. The molecule has 0 spiro atoms. The second-order valence-corrected chi connectivity index (χ2v) is 5.13. The first-order valence-corrected chi connectivity index (χ1v) is 5.86. The normalized spacial score (nSPS) is 11.9. The fourth-order valence-corrected chi connectivity index (χ4v) is 1.87. The van der Waals surface area contributed by atoms with E-state index in [-0.39, 0.29) is 11.2 Å². The molecular formula is C13H17N3O2. The number of pyridine rings is 1. The van der Waals surface area contributed by atoms with E-state index < -0.39 is 5.97 Å². The van der Waals surface area contributed by atoms with Crippen LogP contribution in [-0.2, 0) is 6.42 Å². The van der Waals surface area contributed by atoms with Crippen LogP contribution >= 0.6 is 0 Å². The number of aromatic nitrogens is 2. The number of aromatic carboxylic acids is 1. The van der Waals surface area contributed by atoms with Crippen LogP contribution in [0.15, 0.2) is 24.4 Å². The lowest BCUT2D eigenvalue weighted by atomic mass is 10.00. The SMILES string of the molecule is CC(C)(N)CCc1nc(C(=O)O)c2ccccn12. The minimum atomic E-state index is -1.00. The van der Waals surface area contributed by atoms with Gasteiger partial charge in [-0.3, -0.25) is 0 Å². The van der Waals surface area contributed by atoms with Gasteiger partial charge in [-0.15, -0.1) is 0 Å². The molecule has 3 N–H and O–H groups in total. The predicted octanol–water partition coefficient (Wildman–Crippen LogP) is 1.70. The average molecular weight is 247 g/mol. The number of imidazole rings is 1. The molecule has 0 bridgehead atoms. The van der Waals surface area contributed by atoms with Crippen LogP contribution in [0, 0.1) is 0 Å². The largest absolute Gasteiger partial charge is 0.476 e. The van der Waals surface area contributed by atoms with Gasteiger partial charge in [-0.2, -0.15) is 0 Å². The Morgan fingerprint density at radius 1 is 1.50 bits per heavy atom. The maximum Gasteiger partial charge on any atom is 0.356 e. The Morgan fingerprint density at radius 3 is 2.83 bits per heavy atom. The van der Waals surface area contributed by atoms with Crippen LogP contribution in [0.1, 0.15) is 36.6 Å². The molecule has 0 aliphatic rings. The van der Waals surface area contributed by atoms with Crippen molar-refractivity contribution in [3.8, 4) is 0 Å². The number of rotatable bonds is 4. The summed E-state index contributed by atoms with van der Waals surface area (Å²) < 4.78 is 1.81. The van der Waals surface area contributed by atoms with Gasteiger partial charge in [-0.05, 0) is 32.4 Å². The molecule has 0 aromatic carbocycles. The van der Waals surface area contributed by atoms with E-state index in [0.717, 1.165) is 12.2 Å². The first-order chi connectivity index (χ1) is 8.38. The van der Waals surface area contributed by atoms with Gasteiger partial charge in [0.1, 0.15) is 5.82 Å². The first-order valence-electron chi connectivity index (χ1n) is 5.86. The molecule has 2 heterocycles. The van der Waals surface area contributed by atoms with Gasteiger partial charge in [0.15, 0.2) is 5.69 Å². The number of hydrogen-bond acceptors (Lipinski definition) is 3. The van der Waals surface area contributed by atoms with Crippen LogP contribution in [0.4, 0.5) is 0 Å². The molecule has 0 saturated heterocycles. The smallest absolute Gasteiger partial charge is 0.356 e. The Hall–Kier alpha value is -1.88. The molecule has 0 radical (unpaired) electrons. The van der Waals surface area contributed by atoms with Crippen molar-refractivity contribution in [2.24, 2.45) is 5.73 Å². The van der Waals surface area contributed by atoms with E-state index in [2.05, 4.69) is 4.98 Å².